The van der Waals surface area contributed by atoms with Gasteiger partial charge in [-0.3, -0.25) is 19.1 Å². The van der Waals surface area contributed by atoms with Crippen LogP contribution < -0.4 is 5.32 Å². The Labute approximate surface area is 204 Å². The Hall–Kier alpha value is -4.00. The number of amides is 2. The highest BCUT2D eigenvalue weighted by Gasteiger charge is 2.38. The van der Waals surface area contributed by atoms with Gasteiger partial charge in [-0.25, -0.2) is 0 Å². The largest absolute Gasteiger partial charge is 0.329 e. The maximum Gasteiger partial charge on any atom is 0.255 e. The number of hydrogen-bond acceptors (Lipinski definition) is 4. The lowest BCUT2D eigenvalue weighted by Gasteiger charge is -2.30. The first-order valence-corrected chi connectivity index (χ1v) is 11.9. The molecule has 5 rings (SSSR count). The fraction of sp³-hybridized carbons (Fsp3) is 0.286. The van der Waals surface area contributed by atoms with Crippen LogP contribution in [-0.2, 0) is 36.0 Å². The first-order valence-electron chi connectivity index (χ1n) is 11.9. The number of allylic oxidation sites excluding steroid dienone is 1. The number of carbonyl (C=O) groups is 3. The van der Waals surface area contributed by atoms with Gasteiger partial charge in [0.2, 0.25) is 5.91 Å². The van der Waals surface area contributed by atoms with Gasteiger partial charge >= 0.3 is 0 Å². The highest BCUT2D eigenvalue weighted by molar-refractivity contribution is 6.01. The summed E-state index contributed by atoms with van der Waals surface area (Å²) in [6.45, 7) is 4.23. The van der Waals surface area contributed by atoms with Crippen LogP contribution in [0.2, 0.25) is 0 Å². The zero-order valence-electron chi connectivity index (χ0n) is 19.8. The van der Waals surface area contributed by atoms with Crippen molar-refractivity contribution in [2.45, 2.75) is 44.7 Å². The summed E-state index contributed by atoms with van der Waals surface area (Å²) in [4.78, 5) is 39.6. The Morgan fingerprint density at radius 1 is 1.14 bits per heavy atom. The molecule has 1 unspecified atom stereocenters. The monoisotopic (exact) mass is 468 g/mol. The van der Waals surface area contributed by atoms with E-state index in [0.29, 0.717) is 49.9 Å². The maximum absolute atomic E-state index is 12.9. The van der Waals surface area contributed by atoms with E-state index in [2.05, 4.69) is 17.0 Å². The van der Waals surface area contributed by atoms with Gasteiger partial charge < -0.3 is 10.2 Å². The van der Waals surface area contributed by atoms with E-state index in [1.54, 1.807) is 9.58 Å². The van der Waals surface area contributed by atoms with Crippen LogP contribution in [0.15, 0.2) is 67.0 Å². The molecule has 0 spiro atoms. The molecular formula is C28H28N4O3. The van der Waals surface area contributed by atoms with Gasteiger partial charge in [0.1, 0.15) is 11.8 Å². The molecule has 178 valence electrons. The Morgan fingerprint density at radius 3 is 2.77 bits per heavy atom. The topological polar surface area (TPSA) is 84.3 Å². The molecule has 0 aliphatic carbocycles. The molecule has 0 saturated carbocycles. The van der Waals surface area contributed by atoms with Crippen LogP contribution in [0.4, 0.5) is 0 Å². The van der Waals surface area contributed by atoms with E-state index in [4.69, 9.17) is 0 Å². The fourth-order valence-electron chi connectivity index (χ4n) is 4.87. The average molecular weight is 469 g/mol. The number of Topliss-reactive ketones (excluding diaryl/α,β-unsaturated/α-hetero) is 1. The standard InChI is InChI=1S/C28H28N4O3/c1-18-6-11-26(27(34)29-18)32-17-22-14-19(8-10-24(22)28(32)35)7-9-23(33)16-20-4-3-5-21(15-20)25-12-13-31(2)30-25/h3-5,8,10,12-15,26H,1,6-7,9,11,16-17H2,2H3,(H,29,34). The minimum Gasteiger partial charge on any atom is -0.329 e. The van der Waals surface area contributed by atoms with Crippen molar-refractivity contribution in [3.05, 3.63) is 89.3 Å². The number of benzene rings is 2. The van der Waals surface area contributed by atoms with E-state index in [-0.39, 0.29) is 17.6 Å². The van der Waals surface area contributed by atoms with Gasteiger partial charge in [-0.15, -0.1) is 0 Å². The Morgan fingerprint density at radius 2 is 2.00 bits per heavy atom. The van der Waals surface area contributed by atoms with Crippen molar-refractivity contribution in [3.8, 4) is 11.3 Å². The number of nitrogens with one attached hydrogen (secondary N) is 1. The number of rotatable bonds is 7. The van der Waals surface area contributed by atoms with E-state index >= 15 is 0 Å². The van der Waals surface area contributed by atoms with E-state index in [1.807, 2.05) is 61.8 Å². The van der Waals surface area contributed by atoms with Crippen LogP contribution in [0, 0.1) is 0 Å². The van der Waals surface area contributed by atoms with Crippen LogP contribution in [0.3, 0.4) is 0 Å². The minimum absolute atomic E-state index is 0.108. The fourth-order valence-corrected chi connectivity index (χ4v) is 4.87. The summed E-state index contributed by atoms with van der Waals surface area (Å²) in [6.07, 6.45) is 4.58. The van der Waals surface area contributed by atoms with Crippen molar-refractivity contribution in [1.82, 2.24) is 20.0 Å². The molecule has 3 aromatic rings. The third-order valence-corrected chi connectivity index (χ3v) is 6.73. The molecule has 7 nitrogen and oxygen atoms in total. The minimum atomic E-state index is -0.465. The molecule has 0 radical (unpaired) electrons. The van der Waals surface area contributed by atoms with Crippen molar-refractivity contribution in [2.24, 2.45) is 7.05 Å². The Bertz CT molecular complexity index is 1340. The van der Waals surface area contributed by atoms with Crippen LogP contribution >= 0.6 is 0 Å². The average Bonchev–Trinajstić information content (AvgIpc) is 3.41. The summed E-state index contributed by atoms with van der Waals surface area (Å²) >= 11 is 0. The van der Waals surface area contributed by atoms with Gasteiger partial charge in [0, 0.05) is 49.5 Å². The smallest absolute Gasteiger partial charge is 0.255 e. The van der Waals surface area contributed by atoms with Crippen molar-refractivity contribution in [2.75, 3.05) is 0 Å². The number of carbonyl (C=O) groups excluding carboxylic acids is 3. The second-order valence-corrected chi connectivity index (χ2v) is 9.36. The van der Waals surface area contributed by atoms with E-state index < -0.39 is 6.04 Å². The predicted octanol–water partition coefficient (Wildman–Crippen LogP) is 3.58. The molecule has 1 fully saturated rings. The molecule has 2 aliphatic rings. The number of ketones is 1. The number of fused-ring (bicyclic) bond motifs is 1. The van der Waals surface area contributed by atoms with Gasteiger partial charge in [0.25, 0.3) is 5.91 Å². The third-order valence-electron chi connectivity index (χ3n) is 6.73. The third kappa shape index (κ3) is 4.80. The molecule has 1 atom stereocenters. The van der Waals surface area contributed by atoms with Crippen molar-refractivity contribution in [3.63, 3.8) is 0 Å². The maximum atomic E-state index is 12.9. The number of hydrogen-bond donors (Lipinski definition) is 1. The second-order valence-electron chi connectivity index (χ2n) is 9.36. The van der Waals surface area contributed by atoms with E-state index in [1.165, 1.54) is 0 Å². The molecule has 35 heavy (non-hydrogen) atoms. The second kappa shape index (κ2) is 9.33. The van der Waals surface area contributed by atoms with Crippen molar-refractivity contribution < 1.29 is 14.4 Å². The van der Waals surface area contributed by atoms with Crippen molar-refractivity contribution in [1.29, 1.82) is 0 Å². The van der Waals surface area contributed by atoms with Crippen LogP contribution in [0.5, 0.6) is 0 Å². The summed E-state index contributed by atoms with van der Waals surface area (Å²) in [5.41, 5.74) is 6.14. The SMILES string of the molecule is C=C1CCC(N2Cc3cc(CCC(=O)Cc4cccc(-c5ccn(C)n5)c4)ccc3C2=O)C(=O)N1. The quantitative estimate of drug-likeness (QED) is 0.575. The molecule has 7 heteroatoms. The summed E-state index contributed by atoms with van der Waals surface area (Å²) in [5, 5.41) is 7.19. The summed E-state index contributed by atoms with van der Waals surface area (Å²) in [6, 6.07) is 15.2. The molecular weight excluding hydrogens is 440 g/mol. The first kappa shape index (κ1) is 22.8. The number of nitrogens with zero attached hydrogens (tertiary/aromatic N) is 3. The van der Waals surface area contributed by atoms with Crippen molar-refractivity contribution >= 4 is 17.6 Å². The predicted molar refractivity (Wildman–Crippen MR) is 132 cm³/mol. The first-order chi connectivity index (χ1) is 16.9. The molecule has 1 aromatic heterocycles. The Balaban J connectivity index is 1.20. The zero-order valence-corrected chi connectivity index (χ0v) is 19.8. The highest BCUT2D eigenvalue weighted by Crippen LogP contribution is 2.29. The molecule has 3 heterocycles. The van der Waals surface area contributed by atoms with Crippen LogP contribution in [-0.4, -0.2) is 38.3 Å². The lowest BCUT2D eigenvalue weighted by atomic mass is 9.98. The van der Waals surface area contributed by atoms with Gasteiger partial charge in [0.15, 0.2) is 0 Å². The molecule has 2 aromatic carbocycles. The van der Waals surface area contributed by atoms with Gasteiger partial charge in [0.05, 0.1) is 5.69 Å². The van der Waals surface area contributed by atoms with Crippen LogP contribution in [0.1, 0.15) is 46.3 Å². The van der Waals surface area contributed by atoms with E-state index in [0.717, 1.165) is 27.9 Å². The molecule has 1 saturated heterocycles. The van der Waals surface area contributed by atoms with Gasteiger partial charge in [-0.1, -0.05) is 36.9 Å². The molecule has 0 bridgehead atoms. The van der Waals surface area contributed by atoms with E-state index in [9.17, 15) is 14.4 Å². The highest BCUT2D eigenvalue weighted by atomic mass is 16.2. The van der Waals surface area contributed by atoms with Gasteiger partial charge in [-0.05, 0) is 54.2 Å². The molecule has 2 aliphatic heterocycles. The number of aryl methyl sites for hydroxylation is 2. The summed E-state index contributed by atoms with van der Waals surface area (Å²) < 4.78 is 1.76. The zero-order chi connectivity index (χ0) is 24.5. The lowest BCUT2D eigenvalue weighted by Crippen LogP contribution is -2.49. The molecule has 2 amide bonds. The normalized spacial score (nSPS) is 17.5. The number of piperidine rings is 1. The summed E-state index contributed by atoms with van der Waals surface area (Å²) in [5.74, 6) is -0.108. The molecule has 1 N–H and O–H groups in total. The Kier molecular flexibility index (Phi) is 6.07. The van der Waals surface area contributed by atoms with Crippen LogP contribution in [0.25, 0.3) is 11.3 Å². The van der Waals surface area contributed by atoms with Gasteiger partial charge in [-0.2, -0.15) is 5.10 Å². The number of aromatic nitrogens is 2. The summed E-state index contributed by atoms with van der Waals surface area (Å²) in [7, 11) is 1.88. The lowest BCUT2D eigenvalue weighted by molar-refractivity contribution is -0.126.